The summed E-state index contributed by atoms with van der Waals surface area (Å²) in [6.45, 7) is 0. The number of rotatable bonds is 2. The Morgan fingerprint density at radius 3 is 2.64 bits per heavy atom. The van der Waals surface area contributed by atoms with Crippen LogP contribution in [-0.2, 0) is 7.05 Å². The second-order valence-corrected chi connectivity index (χ2v) is 4.80. The summed E-state index contributed by atoms with van der Waals surface area (Å²) in [6, 6.07) is 13.2. The second-order valence-electron chi connectivity index (χ2n) is 4.80. The van der Waals surface area contributed by atoms with Gasteiger partial charge in [0.2, 0.25) is 5.88 Å². The third-order valence-corrected chi connectivity index (χ3v) is 3.38. The number of aryl methyl sites for hydroxylation is 1. The molecule has 22 heavy (non-hydrogen) atoms. The molecule has 6 nitrogen and oxygen atoms in total. The van der Waals surface area contributed by atoms with E-state index < -0.39 is 5.91 Å². The van der Waals surface area contributed by atoms with Gasteiger partial charge in [-0.2, -0.15) is 0 Å². The normalized spacial score (nSPS) is 11.3. The van der Waals surface area contributed by atoms with E-state index in [2.05, 4.69) is 10.2 Å². The van der Waals surface area contributed by atoms with Crippen molar-refractivity contribution in [2.75, 3.05) is 0 Å². The smallest absolute Gasteiger partial charge is 0.295 e. The molecule has 0 radical (unpaired) electrons. The van der Waals surface area contributed by atoms with Crippen LogP contribution >= 0.6 is 0 Å². The Hall–Kier alpha value is -3.15. The van der Waals surface area contributed by atoms with Crippen LogP contribution in [0.2, 0.25) is 0 Å². The summed E-state index contributed by atoms with van der Waals surface area (Å²) in [5.74, 6) is -0.675. The number of carbonyl (C=O) groups is 1. The van der Waals surface area contributed by atoms with Crippen molar-refractivity contribution in [2.45, 2.75) is 0 Å². The van der Waals surface area contributed by atoms with E-state index in [4.69, 9.17) is 0 Å². The Bertz CT molecular complexity index is 897. The van der Waals surface area contributed by atoms with Gasteiger partial charge < -0.3 is 14.8 Å². The highest BCUT2D eigenvalue weighted by molar-refractivity contribution is 5.97. The van der Waals surface area contributed by atoms with Crippen molar-refractivity contribution in [3.05, 3.63) is 54.1 Å². The minimum atomic E-state index is -0.594. The lowest BCUT2D eigenvalue weighted by molar-refractivity contribution is 0.0994. The van der Waals surface area contributed by atoms with Crippen molar-refractivity contribution in [2.24, 2.45) is 17.3 Å². The van der Waals surface area contributed by atoms with Crippen LogP contribution in [0, 0.1) is 0 Å². The quantitative estimate of drug-likeness (QED) is 0.709. The number of hydrogen-bond donors (Lipinski definition) is 2. The lowest BCUT2D eigenvalue weighted by Gasteiger charge is -1.96. The first kappa shape index (κ1) is 13.8. The number of aromatic hydroxyl groups is 2. The van der Waals surface area contributed by atoms with E-state index >= 15 is 0 Å². The molecule has 0 saturated heterocycles. The number of phenolic OH excluding ortho intramolecular Hbond substituents is 1. The number of carbonyl (C=O) groups excluding carboxylic acids is 1. The predicted octanol–water partition coefficient (Wildman–Crippen LogP) is 3.51. The van der Waals surface area contributed by atoms with Crippen LogP contribution in [0.5, 0.6) is 11.6 Å². The van der Waals surface area contributed by atoms with Gasteiger partial charge in [-0.25, -0.2) is 0 Å². The molecule has 110 valence electrons. The number of amides is 1. The molecule has 0 bridgehead atoms. The standard InChI is InChI=1S/C16H13N3O3/c1-19-13-8-3-2-7-12(13)14(16(19)22)17-18-15(21)10-5-4-6-11(20)9-10/h2-9,20,22H,1H3. The highest BCUT2D eigenvalue weighted by Gasteiger charge is 2.14. The van der Waals surface area contributed by atoms with E-state index in [0.29, 0.717) is 5.39 Å². The van der Waals surface area contributed by atoms with Crippen LogP contribution in [0.3, 0.4) is 0 Å². The molecule has 1 heterocycles. The van der Waals surface area contributed by atoms with Crippen molar-refractivity contribution < 1.29 is 15.0 Å². The van der Waals surface area contributed by atoms with Crippen molar-refractivity contribution in [1.82, 2.24) is 4.57 Å². The average Bonchev–Trinajstić information content (AvgIpc) is 2.77. The van der Waals surface area contributed by atoms with Gasteiger partial charge in [-0.1, -0.05) is 24.3 Å². The summed E-state index contributed by atoms with van der Waals surface area (Å²) >= 11 is 0. The molecular formula is C16H13N3O3. The molecule has 1 aromatic heterocycles. The first-order valence-electron chi connectivity index (χ1n) is 6.59. The van der Waals surface area contributed by atoms with E-state index in [-0.39, 0.29) is 22.9 Å². The van der Waals surface area contributed by atoms with Gasteiger partial charge in [0.15, 0.2) is 5.69 Å². The number of azo groups is 1. The fraction of sp³-hybridized carbons (Fsp3) is 0.0625. The van der Waals surface area contributed by atoms with Crippen LogP contribution in [0.1, 0.15) is 10.4 Å². The molecule has 0 aliphatic carbocycles. The molecule has 6 heteroatoms. The minimum absolute atomic E-state index is 0.0194. The zero-order valence-electron chi connectivity index (χ0n) is 11.8. The summed E-state index contributed by atoms with van der Waals surface area (Å²) in [6.07, 6.45) is 0. The average molecular weight is 295 g/mol. The maximum Gasteiger partial charge on any atom is 0.295 e. The first-order valence-corrected chi connectivity index (χ1v) is 6.59. The number of para-hydroxylation sites is 1. The molecule has 0 unspecified atom stereocenters. The second kappa shape index (κ2) is 5.33. The number of benzene rings is 2. The number of aromatic nitrogens is 1. The first-order chi connectivity index (χ1) is 10.6. The number of nitrogens with zero attached hydrogens (tertiary/aromatic N) is 3. The Morgan fingerprint density at radius 1 is 1.09 bits per heavy atom. The van der Waals surface area contributed by atoms with Crippen molar-refractivity contribution in [1.29, 1.82) is 0 Å². The topological polar surface area (TPSA) is 87.2 Å². The van der Waals surface area contributed by atoms with Gasteiger partial charge in [-0.15, -0.1) is 10.2 Å². The SMILES string of the molecule is Cn1c(O)c(N=NC(=O)c2cccc(O)c2)c2ccccc21. The molecule has 0 aliphatic heterocycles. The van der Waals surface area contributed by atoms with Crippen LogP contribution in [-0.4, -0.2) is 20.7 Å². The van der Waals surface area contributed by atoms with Gasteiger partial charge in [-0.05, 0) is 24.3 Å². The van der Waals surface area contributed by atoms with Gasteiger partial charge in [-0.3, -0.25) is 4.79 Å². The monoisotopic (exact) mass is 295 g/mol. The van der Waals surface area contributed by atoms with Gasteiger partial charge in [0.1, 0.15) is 5.75 Å². The van der Waals surface area contributed by atoms with Crippen LogP contribution in [0.15, 0.2) is 58.8 Å². The number of fused-ring (bicyclic) bond motifs is 1. The minimum Gasteiger partial charge on any atom is -0.508 e. The summed E-state index contributed by atoms with van der Waals surface area (Å²) in [5.41, 5.74) is 1.26. The Morgan fingerprint density at radius 2 is 1.86 bits per heavy atom. The van der Waals surface area contributed by atoms with E-state index in [0.717, 1.165) is 5.52 Å². The Kier molecular flexibility index (Phi) is 3.34. The van der Waals surface area contributed by atoms with Gasteiger partial charge in [0.05, 0.1) is 5.52 Å². The highest BCUT2D eigenvalue weighted by Crippen LogP contribution is 2.37. The van der Waals surface area contributed by atoms with Crippen molar-refractivity contribution >= 4 is 22.5 Å². The van der Waals surface area contributed by atoms with Gasteiger partial charge in [0.25, 0.3) is 5.91 Å². The fourth-order valence-electron chi connectivity index (χ4n) is 2.25. The molecule has 0 aliphatic rings. The molecule has 2 aromatic carbocycles. The van der Waals surface area contributed by atoms with Crippen molar-refractivity contribution in [3.8, 4) is 11.6 Å². The summed E-state index contributed by atoms with van der Waals surface area (Å²) in [4.78, 5) is 12.0. The molecule has 2 N–H and O–H groups in total. The van der Waals surface area contributed by atoms with Crippen molar-refractivity contribution in [3.63, 3.8) is 0 Å². The summed E-state index contributed by atoms with van der Waals surface area (Å²) < 4.78 is 1.57. The van der Waals surface area contributed by atoms with E-state index in [1.165, 1.54) is 18.2 Å². The lowest BCUT2D eigenvalue weighted by atomic mass is 10.2. The molecule has 1 amide bonds. The van der Waals surface area contributed by atoms with Crippen LogP contribution in [0.4, 0.5) is 5.69 Å². The molecule has 0 saturated carbocycles. The van der Waals surface area contributed by atoms with Gasteiger partial charge in [0, 0.05) is 18.0 Å². The zero-order chi connectivity index (χ0) is 15.7. The number of hydrogen-bond acceptors (Lipinski definition) is 4. The van der Waals surface area contributed by atoms with E-state index in [1.807, 2.05) is 18.2 Å². The third-order valence-electron chi connectivity index (χ3n) is 3.38. The summed E-state index contributed by atoms with van der Waals surface area (Å²) in [7, 11) is 1.70. The van der Waals surface area contributed by atoms with Crippen LogP contribution in [0.25, 0.3) is 10.9 Å². The molecule has 0 fully saturated rings. The fourth-order valence-corrected chi connectivity index (χ4v) is 2.25. The van der Waals surface area contributed by atoms with E-state index in [1.54, 1.807) is 23.7 Å². The maximum absolute atomic E-state index is 12.0. The Labute approximate surface area is 126 Å². The number of phenols is 1. The van der Waals surface area contributed by atoms with Gasteiger partial charge >= 0.3 is 0 Å². The molecule has 3 rings (SSSR count). The molecule has 0 spiro atoms. The third kappa shape index (κ3) is 2.31. The zero-order valence-corrected chi connectivity index (χ0v) is 11.8. The van der Waals surface area contributed by atoms with Crippen LogP contribution < -0.4 is 0 Å². The largest absolute Gasteiger partial charge is 0.508 e. The molecular weight excluding hydrogens is 282 g/mol. The molecule has 3 aromatic rings. The lowest BCUT2D eigenvalue weighted by Crippen LogP contribution is -1.92. The highest BCUT2D eigenvalue weighted by atomic mass is 16.3. The molecule has 0 atom stereocenters. The predicted molar refractivity (Wildman–Crippen MR) is 81.5 cm³/mol. The van der Waals surface area contributed by atoms with E-state index in [9.17, 15) is 15.0 Å². The summed E-state index contributed by atoms with van der Waals surface area (Å²) in [5, 5.41) is 27.7. The Balaban J connectivity index is 2.00. The maximum atomic E-state index is 12.0.